The molecule has 148 valence electrons. The first-order valence-electron chi connectivity index (χ1n) is 9.98. The van der Waals surface area contributed by atoms with Crippen molar-refractivity contribution in [1.82, 2.24) is 24.4 Å². The summed E-state index contributed by atoms with van der Waals surface area (Å²) in [4.78, 5) is 16.3. The molecule has 0 aromatic carbocycles. The normalized spacial score (nSPS) is 15.7. The third-order valence-corrected chi connectivity index (χ3v) is 5.54. The van der Waals surface area contributed by atoms with Crippen LogP contribution in [0.25, 0.3) is 16.6 Å². The average molecular weight is 386 g/mol. The lowest BCUT2D eigenvalue weighted by Crippen LogP contribution is -2.17. The van der Waals surface area contributed by atoms with E-state index in [2.05, 4.69) is 78.1 Å². The van der Waals surface area contributed by atoms with Gasteiger partial charge in [-0.1, -0.05) is 26.5 Å². The summed E-state index contributed by atoms with van der Waals surface area (Å²) in [6, 6.07) is 8.23. The number of rotatable bonds is 4. The summed E-state index contributed by atoms with van der Waals surface area (Å²) >= 11 is 0. The molecule has 0 amide bonds. The van der Waals surface area contributed by atoms with Gasteiger partial charge in [-0.15, -0.1) is 0 Å². The van der Waals surface area contributed by atoms with Crippen LogP contribution in [0.15, 0.2) is 66.8 Å². The number of nitrogens with zero attached hydrogens (tertiary/aromatic N) is 5. The number of hydrogen-bond donors (Lipinski definition) is 0. The standard InChI is InChI=1S/C24H27N5/c1-15(2)21-12-23-22(13-26-21)27-24(19-11-16(3)17(4)28(6)14-19)29(23)18(5)20-9-7-8-10-25-20/h7-15,18H,4H2,1-3,5-6H3/t18-/m0/s1. The summed E-state index contributed by atoms with van der Waals surface area (Å²) in [6.07, 6.45) is 7.97. The van der Waals surface area contributed by atoms with E-state index in [0.717, 1.165) is 45.1 Å². The third kappa shape index (κ3) is 3.37. The molecule has 0 fully saturated rings. The highest BCUT2D eigenvalue weighted by Gasteiger charge is 2.23. The largest absolute Gasteiger partial charge is 0.351 e. The fourth-order valence-electron chi connectivity index (χ4n) is 3.72. The zero-order valence-corrected chi connectivity index (χ0v) is 17.7. The molecule has 0 saturated carbocycles. The predicted octanol–water partition coefficient (Wildman–Crippen LogP) is 5.31. The van der Waals surface area contributed by atoms with E-state index in [0.29, 0.717) is 5.92 Å². The van der Waals surface area contributed by atoms with Crippen LogP contribution in [0.5, 0.6) is 0 Å². The van der Waals surface area contributed by atoms with Crippen molar-refractivity contribution in [3.8, 4) is 0 Å². The zero-order chi connectivity index (χ0) is 20.7. The van der Waals surface area contributed by atoms with Gasteiger partial charge in [0, 0.05) is 36.4 Å². The van der Waals surface area contributed by atoms with Crippen molar-refractivity contribution in [3.05, 3.63) is 84.0 Å². The molecule has 1 aliphatic rings. The Morgan fingerprint density at radius 3 is 2.52 bits per heavy atom. The van der Waals surface area contributed by atoms with Gasteiger partial charge in [-0.3, -0.25) is 9.97 Å². The molecule has 0 bridgehead atoms. The maximum atomic E-state index is 4.98. The van der Waals surface area contributed by atoms with E-state index in [1.54, 1.807) is 0 Å². The van der Waals surface area contributed by atoms with Crippen molar-refractivity contribution in [2.45, 2.75) is 39.7 Å². The van der Waals surface area contributed by atoms with Crippen molar-refractivity contribution >= 4 is 16.6 Å². The van der Waals surface area contributed by atoms with Crippen LogP contribution < -0.4 is 0 Å². The fourth-order valence-corrected chi connectivity index (χ4v) is 3.72. The van der Waals surface area contributed by atoms with Crippen LogP contribution in [0.4, 0.5) is 0 Å². The van der Waals surface area contributed by atoms with Gasteiger partial charge in [0.1, 0.15) is 11.3 Å². The van der Waals surface area contributed by atoms with E-state index in [1.807, 2.05) is 31.6 Å². The van der Waals surface area contributed by atoms with Crippen LogP contribution in [0, 0.1) is 0 Å². The summed E-state index contributed by atoms with van der Waals surface area (Å²) in [5, 5.41) is 0. The van der Waals surface area contributed by atoms with E-state index in [-0.39, 0.29) is 6.04 Å². The molecule has 0 N–H and O–H groups in total. The lowest BCUT2D eigenvalue weighted by Gasteiger charge is -2.25. The smallest absolute Gasteiger partial charge is 0.143 e. The monoisotopic (exact) mass is 385 g/mol. The zero-order valence-electron chi connectivity index (χ0n) is 17.7. The average Bonchev–Trinajstić information content (AvgIpc) is 3.10. The molecule has 0 spiro atoms. The first-order valence-corrected chi connectivity index (χ1v) is 9.98. The molecule has 0 radical (unpaired) electrons. The van der Waals surface area contributed by atoms with Gasteiger partial charge >= 0.3 is 0 Å². The lowest BCUT2D eigenvalue weighted by atomic mass is 10.1. The molecule has 3 aromatic rings. The Morgan fingerprint density at radius 1 is 1.07 bits per heavy atom. The second-order valence-corrected chi connectivity index (χ2v) is 7.96. The maximum absolute atomic E-state index is 4.98. The number of likely N-dealkylation sites (N-methyl/N-ethyl adjacent to an activating group) is 1. The van der Waals surface area contributed by atoms with Gasteiger partial charge in [0.15, 0.2) is 0 Å². The quantitative estimate of drug-likeness (QED) is 0.611. The van der Waals surface area contributed by atoms with Gasteiger partial charge in [0.05, 0.1) is 23.4 Å². The minimum atomic E-state index is 0.0312. The van der Waals surface area contributed by atoms with E-state index >= 15 is 0 Å². The van der Waals surface area contributed by atoms with Crippen molar-refractivity contribution in [2.75, 3.05) is 7.05 Å². The first-order chi connectivity index (χ1) is 13.9. The number of hydrogen-bond acceptors (Lipinski definition) is 4. The molecule has 0 aliphatic carbocycles. The van der Waals surface area contributed by atoms with Crippen molar-refractivity contribution in [1.29, 1.82) is 0 Å². The lowest BCUT2D eigenvalue weighted by molar-refractivity contribution is 0.575. The summed E-state index contributed by atoms with van der Waals surface area (Å²) in [6.45, 7) is 12.7. The number of fused-ring (bicyclic) bond motifs is 1. The number of allylic oxidation sites excluding steroid dienone is 3. The molecule has 1 aliphatic heterocycles. The van der Waals surface area contributed by atoms with E-state index in [9.17, 15) is 0 Å². The maximum Gasteiger partial charge on any atom is 0.143 e. The van der Waals surface area contributed by atoms with Crippen molar-refractivity contribution < 1.29 is 0 Å². The van der Waals surface area contributed by atoms with Crippen LogP contribution >= 0.6 is 0 Å². The topological polar surface area (TPSA) is 46.8 Å². The molecular weight excluding hydrogens is 358 g/mol. The first kappa shape index (κ1) is 19.1. The molecule has 4 rings (SSSR count). The Labute approximate surface area is 172 Å². The minimum Gasteiger partial charge on any atom is -0.351 e. The molecule has 0 unspecified atom stereocenters. The van der Waals surface area contributed by atoms with E-state index < -0.39 is 0 Å². The van der Waals surface area contributed by atoms with Gasteiger partial charge < -0.3 is 9.47 Å². The summed E-state index contributed by atoms with van der Waals surface area (Å²) in [5.74, 6) is 1.27. The van der Waals surface area contributed by atoms with Gasteiger partial charge in [0.2, 0.25) is 0 Å². The molecule has 5 nitrogen and oxygen atoms in total. The Hall–Kier alpha value is -3.21. The Bertz CT molecular complexity index is 1130. The molecule has 3 aromatic heterocycles. The highest BCUT2D eigenvalue weighted by molar-refractivity contribution is 5.83. The summed E-state index contributed by atoms with van der Waals surface area (Å²) in [5.41, 5.74) is 7.23. The van der Waals surface area contributed by atoms with Crippen LogP contribution in [-0.4, -0.2) is 31.5 Å². The second kappa shape index (κ2) is 7.32. The van der Waals surface area contributed by atoms with Crippen LogP contribution in [-0.2, 0) is 0 Å². The second-order valence-electron chi connectivity index (χ2n) is 7.96. The van der Waals surface area contributed by atoms with Crippen LogP contribution in [0.3, 0.4) is 0 Å². The van der Waals surface area contributed by atoms with Crippen LogP contribution in [0.1, 0.15) is 56.9 Å². The predicted molar refractivity (Wildman–Crippen MR) is 118 cm³/mol. The van der Waals surface area contributed by atoms with E-state index in [4.69, 9.17) is 4.98 Å². The summed E-state index contributed by atoms with van der Waals surface area (Å²) in [7, 11) is 2.02. The van der Waals surface area contributed by atoms with Gasteiger partial charge in [-0.25, -0.2) is 4.98 Å². The molecule has 0 saturated heterocycles. The van der Waals surface area contributed by atoms with Gasteiger partial charge in [-0.2, -0.15) is 0 Å². The SMILES string of the molecule is C=C1C(C)=CC(c2nc3cnc(C(C)C)cc3n2[C@@H](C)c2ccccn2)=CN1C. The van der Waals surface area contributed by atoms with Gasteiger partial charge in [0.25, 0.3) is 0 Å². The van der Waals surface area contributed by atoms with Gasteiger partial charge in [-0.05, 0) is 49.6 Å². The highest BCUT2D eigenvalue weighted by atomic mass is 15.1. The molecular formula is C24H27N5. The Morgan fingerprint density at radius 2 is 1.86 bits per heavy atom. The van der Waals surface area contributed by atoms with Crippen LogP contribution in [0.2, 0.25) is 0 Å². The number of aromatic nitrogens is 4. The molecule has 5 heteroatoms. The minimum absolute atomic E-state index is 0.0312. The Balaban J connectivity index is 1.97. The molecule has 1 atom stereocenters. The molecule has 4 heterocycles. The summed E-state index contributed by atoms with van der Waals surface area (Å²) < 4.78 is 2.28. The van der Waals surface area contributed by atoms with Crippen molar-refractivity contribution in [2.24, 2.45) is 0 Å². The highest BCUT2D eigenvalue weighted by Crippen LogP contribution is 2.33. The van der Waals surface area contributed by atoms with E-state index in [1.165, 1.54) is 0 Å². The molecule has 29 heavy (non-hydrogen) atoms. The third-order valence-electron chi connectivity index (χ3n) is 5.54. The Kier molecular flexibility index (Phi) is 4.82. The number of pyridine rings is 2. The van der Waals surface area contributed by atoms with Crippen molar-refractivity contribution in [3.63, 3.8) is 0 Å². The fraction of sp³-hybridized carbons (Fsp3) is 0.292. The number of imidazole rings is 1.